The summed E-state index contributed by atoms with van der Waals surface area (Å²) in [6.07, 6.45) is 4.92. The Morgan fingerprint density at radius 2 is 1.91 bits per heavy atom. The van der Waals surface area contributed by atoms with E-state index in [-0.39, 0.29) is 5.91 Å². The predicted molar refractivity (Wildman–Crippen MR) is 133 cm³/mol. The van der Waals surface area contributed by atoms with Crippen LogP contribution in [0.3, 0.4) is 0 Å². The molecular formula is C24H19Cl2N3O3S. The Morgan fingerprint density at radius 1 is 1.12 bits per heavy atom. The van der Waals surface area contributed by atoms with Gasteiger partial charge in [0.15, 0.2) is 16.7 Å². The second-order valence-electron chi connectivity index (χ2n) is 7.02. The van der Waals surface area contributed by atoms with E-state index in [0.29, 0.717) is 43.9 Å². The summed E-state index contributed by atoms with van der Waals surface area (Å²) in [7, 11) is 3.26. The van der Waals surface area contributed by atoms with E-state index in [2.05, 4.69) is 9.98 Å². The van der Waals surface area contributed by atoms with Crippen LogP contribution in [0.4, 0.5) is 5.69 Å². The molecule has 168 valence electrons. The maximum absolute atomic E-state index is 12.7. The van der Waals surface area contributed by atoms with Crippen LogP contribution in [0.15, 0.2) is 70.8 Å². The van der Waals surface area contributed by atoms with Gasteiger partial charge in [0, 0.05) is 24.5 Å². The Morgan fingerprint density at radius 3 is 2.64 bits per heavy atom. The van der Waals surface area contributed by atoms with Gasteiger partial charge in [-0.2, -0.15) is 0 Å². The van der Waals surface area contributed by atoms with Crippen LogP contribution in [-0.2, 0) is 11.4 Å². The summed E-state index contributed by atoms with van der Waals surface area (Å²) in [5, 5.41) is 1.63. The average molecular weight is 500 g/mol. The van der Waals surface area contributed by atoms with E-state index >= 15 is 0 Å². The molecule has 1 saturated heterocycles. The molecule has 33 heavy (non-hydrogen) atoms. The van der Waals surface area contributed by atoms with Crippen LogP contribution in [0.5, 0.6) is 11.5 Å². The second-order valence-corrected chi connectivity index (χ2v) is 8.87. The monoisotopic (exact) mass is 499 g/mol. The number of amidine groups is 1. The molecule has 0 saturated carbocycles. The van der Waals surface area contributed by atoms with Crippen molar-refractivity contribution in [1.29, 1.82) is 0 Å². The van der Waals surface area contributed by atoms with Crippen LogP contribution in [0.1, 0.15) is 11.1 Å². The van der Waals surface area contributed by atoms with Gasteiger partial charge in [-0.15, -0.1) is 0 Å². The molecule has 1 fully saturated rings. The number of aromatic nitrogens is 1. The highest BCUT2D eigenvalue weighted by atomic mass is 35.5. The molecule has 0 aliphatic carbocycles. The summed E-state index contributed by atoms with van der Waals surface area (Å²) in [5.41, 5.74) is 2.35. The number of hydrogen-bond acceptors (Lipinski definition) is 6. The van der Waals surface area contributed by atoms with Gasteiger partial charge in [-0.3, -0.25) is 14.7 Å². The standard InChI is InChI=1S/C24H19Cl2N3O3S/c1-29-23(30)22(33-24(29)28-19-9-10-27-13-18(19)26)12-16-5-8-20(21(11-16)31-2)32-14-15-3-6-17(25)7-4-15/h3-13H,14H2,1-2H3/b22-12-,28-24?. The fraction of sp³-hybridized carbons (Fsp3) is 0.125. The number of amides is 1. The molecule has 3 aromatic rings. The quantitative estimate of drug-likeness (QED) is 0.377. The van der Waals surface area contributed by atoms with Crippen molar-refractivity contribution >= 4 is 57.8 Å². The van der Waals surface area contributed by atoms with Crippen LogP contribution in [-0.4, -0.2) is 35.1 Å². The predicted octanol–water partition coefficient (Wildman–Crippen LogP) is 6.21. The largest absolute Gasteiger partial charge is 0.493 e. The first-order valence-electron chi connectivity index (χ1n) is 9.85. The van der Waals surface area contributed by atoms with Gasteiger partial charge in [0.1, 0.15) is 6.61 Å². The third-order valence-electron chi connectivity index (χ3n) is 4.76. The van der Waals surface area contributed by atoms with Crippen molar-refractivity contribution in [2.24, 2.45) is 4.99 Å². The Kier molecular flexibility index (Phi) is 7.23. The minimum Gasteiger partial charge on any atom is -0.493 e. The number of pyridine rings is 1. The van der Waals surface area contributed by atoms with E-state index in [9.17, 15) is 4.79 Å². The first kappa shape index (κ1) is 23.2. The summed E-state index contributed by atoms with van der Waals surface area (Å²) in [5.74, 6) is 1.03. The number of thioether (sulfide) groups is 1. The first-order chi connectivity index (χ1) is 15.9. The molecule has 2 aromatic carbocycles. The molecule has 1 aromatic heterocycles. The van der Waals surface area contributed by atoms with Crippen LogP contribution < -0.4 is 9.47 Å². The van der Waals surface area contributed by atoms with Gasteiger partial charge in [0.2, 0.25) is 0 Å². The molecule has 0 atom stereocenters. The number of carbonyl (C=O) groups is 1. The zero-order chi connectivity index (χ0) is 23.4. The molecule has 4 rings (SSSR count). The molecule has 1 aliphatic rings. The molecule has 9 heteroatoms. The summed E-state index contributed by atoms with van der Waals surface area (Å²) in [4.78, 5) is 23.2. The topological polar surface area (TPSA) is 64.0 Å². The lowest BCUT2D eigenvalue weighted by atomic mass is 10.2. The van der Waals surface area contributed by atoms with Crippen molar-refractivity contribution < 1.29 is 14.3 Å². The highest BCUT2D eigenvalue weighted by molar-refractivity contribution is 8.18. The number of halogens is 2. The maximum atomic E-state index is 12.7. The number of carbonyl (C=O) groups excluding carboxylic acids is 1. The zero-order valence-corrected chi connectivity index (χ0v) is 20.1. The summed E-state index contributed by atoms with van der Waals surface area (Å²) in [6.45, 7) is 0.379. The molecule has 0 spiro atoms. The van der Waals surface area contributed by atoms with Gasteiger partial charge in [0.25, 0.3) is 5.91 Å². The fourth-order valence-corrected chi connectivity index (χ4v) is 4.27. The van der Waals surface area contributed by atoms with Gasteiger partial charge in [-0.25, -0.2) is 4.99 Å². The third kappa shape index (κ3) is 5.50. The van der Waals surface area contributed by atoms with Gasteiger partial charge in [-0.1, -0.05) is 41.4 Å². The van der Waals surface area contributed by atoms with Crippen LogP contribution in [0.25, 0.3) is 6.08 Å². The van der Waals surface area contributed by atoms with Crippen molar-refractivity contribution in [2.75, 3.05) is 14.2 Å². The van der Waals surface area contributed by atoms with Crippen LogP contribution in [0, 0.1) is 0 Å². The van der Waals surface area contributed by atoms with Crippen LogP contribution >= 0.6 is 35.0 Å². The Bertz CT molecular complexity index is 1250. The molecule has 0 unspecified atom stereocenters. The minimum atomic E-state index is -0.147. The van der Waals surface area contributed by atoms with Crippen molar-refractivity contribution in [2.45, 2.75) is 6.61 Å². The molecule has 0 radical (unpaired) electrons. The normalized spacial score (nSPS) is 16.0. The van der Waals surface area contributed by atoms with Crippen molar-refractivity contribution in [3.05, 3.63) is 87.0 Å². The fourth-order valence-electron chi connectivity index (χ4n) is 3.00. The Hall–Kier alpha value is -3.00. The number of aliphatic imine (C=N–C) groups is 1. The Labute approximate surface area is 205 Å². The van der Waals surface area contributed by atoms with Gasteiger partial charge in [0.05, 0.1) is 22.7 Å². The second kappa shape index (κ2) is 10.3. The molecule has 1 aliphatic heterocycles. The number of rotatable bonds is 6. The van der Waals surface area contributed by atoms with E-state index in [0.717, 1.165) is 11.1 Å². The number of likely N-dealkylation sites (N-methyl/N-ethyl adjacent to an activating group) is 1. The number of hydrogen-bond donors (Lipinski definition) is 0. The number of ether oxygens (including phenoxy) is 2. The zero-order valence-electron chi connectivity index (χ0n) is 17.8. The summed E-state index contributed by atoms with van der Waals surface area (Å²) < 4.78 is 11.4. The summed E-state index contributed by atoms with van der Waals surface area (Å²) >= 11 is 13.4. The lowest BCUT2D eigenvalue weighted by Crippen LogP contribution is -2.23. The molecule has 1 amide bonds. The van der Waals surface area contributed by atoms with Crippen LogP contribution in [0.2, 0.25) is 10.0 Å². The number of benzene rings is 2. The number of methoxy groups -OCH3 is 1. The molecule has 6 nitrogen and oxygen atoms in total. The van der Waals surface area contributed by atoms with E-state index in [4.69, 9.17) is 32.7 Å². The Balaban J connectivity index is 1.52. The van der Waals surface area contributed by atoms with E-state index < -0.39 is 0 Å². The van der Waals surface area contributed by atoms with Crippen molar-refractivity contribution in [3.8, 4) is 11.5 Å². The molecule has 0 bridgehead atoms. The van der Waals surface area contributed by atoms with E-state index in [1.54, 1.807) is 32.5 Å². The average Bonchev–Trinajstić information content (AvgIpc) is 3.08. The SMILES string of the molecule is COc1cc(/C=C2\SC(=Nc3ccncc3Cl)N(C)C2=O)ccc1OCc1ccc(Cl)cc1. The van der Waals surface area contributed by atoms with E-state index in [1.165, 1.54) is 22.9 Å². The lowest BCUT2D eigenvalue weighted by Gasteiger charge is -2.11. The third-order valence-corrected chi connectivity index (χ3v) is 6.37. The molecular weight excluding hydrogens is 481 g/mol. The van der Waals surface area contributed by atoms with Gasteiger partial charge >= 0.3 is 0 Å². The molecule has 0 N–H and O–H groups in total. The smallest absolute Gasteiger partial charge is 0.266 e. The first-order valence-corrected chi connectivity index (χ1v) is 11.4. The van der Waals surface area contributed by atoms with E-state index in [1.807, 2.05) is 42.5 Å². The lowest BCUT2D eigenvalue weighted by molar-refractivity contribution is -0.121. The minimum absolute atomic E-state index is 0.147. The van der Waals surface area contributed by atoms with Crippen molar-refractivity contribution in [1.82, 2.24) is 9.88 Å². The maximum Gasteiger partial charge on any atom is 0.266 e. The van der Waals surface area contributed by atoms with Gasteiger partial charge < -0.3 is 9.47 Å². The highest BCUT2D eigenvalue weighted by Crippen LogP contribution is 2.36. The van der Waals surface area contributed by atoms with Gasteiger partial charge in [-0.05, 0) is 59.3 Å². The molecule has 2 heterocycles. The summed E-state index contributed by atoms with van der Waals surface area (Å²) in [6, 6.07) is 14.7. The number of nitrogens with zero attached hydrogens (tertiary/aromatic N) is 3. The highest BCUT2D eigenvalue weighted by Gasteiger charge is 2.30. The van der Waals surface area contributed by atoms with Crippen molar-refractivity contribution in [3.63, 3.8) is 0 Å².